The van der Waals surface area contributed by atoms with E-state index in [0.717, 1.165) is 22.5 Å². The Bertz CT molecular complexity index is 1530. The number of benzene rings is 1. The topological polar surface area (TPSA) is 132 Å². The summed E-state index contributed by atoms with van der Waals surface area (Å²) in [4.78, 5) is 18.3. The monoisotopic (exact) mass is 436 g/mol. The zero-order chi connectivity index (χ0) is 22.9. The third-order valence-corrected chi connectivity index (χ3v) is 5.47. The Morgan fingerprint density at radius 1 is 1.12 bits per heavy atom. The Kier molecular flexibility index (Phi) is 5.03. The van der Waals surface area contributed by atoms with Gasteiger partial charge < -0.3 is 10.2 Å². The van der Waals surface area contributed by atoms with Crippen LogP contribution in [-0.2, 0) is 12.8 Å². The molecule has 0 spiro atoms. The van der Waals surface area contributed by atoms with Crippen molar-refractivity contribution < 1.29 is 4.42 Å². The van der Waals surface area contributed by atoms with Gasteiger partial charge in [0.05, 0.1) is 40.7 Å². The molecule has 5 rings (SSSR count). The lowest BCUT2D eigenvalue weighted by Crippen LogP contribution is -2.06. The molecule has 5 aromatic rings. The molecule has 0 aliphatic carbocycles. The van der Waals surface area contributed by atoms with Crippen LogP contribution in [0.15, 0.2) is 53.4 Å². The number of nitriles is 1. The first-order valence-corrected chi connectivity index (χ1v) is 10.5. The Balaban J connectivity index is 1.77. The normalized spacial score (nSPS) is 11.1. The minimum Gasteiger partial charge on any atom is -0.443 e. The van der Waals surface area contributed by atoms with E-state index < -0.39 is 0 Å². The fourth-order valence-electron chi connectivity index (χ4n) is 3.81. The predicted molar refractivity (Wildman–Crippen MR) is 122 cm³/mol. The molecule has 0 aliphatic heterocycles. The summed E-state index contributed by atoms with van der Waals surface area (Å²) >= 11 is 0. The van der Waals surface area contributed by atoms with Gasteiger partial charge in [-0.15, -0.1) is 5.10 Å². The SMILES string of the molecule is CCc1ncoc1-c1c(-c2cccc(C#N)c2)nc(N)n2nc(Cc3ncccc3C)nc12. The smallest absolute Gasteiger partial charge is 0.223 e. The number of anilines is 1. The highest BCUT2D eigenvalue weighted by Gasteiger charge is 2.24. The third-order valence-electron chi connectivity index (χ3n) is 5.47. The second-order valence-corrected chi connectivity index (χ2v) is 7.58. The average Bonchev–Trinajstić information content (AvgIpc) is 3.48. The van der Waals surface area contributed by atoms with Crippen molar-refractivity contribution in [1.82, 2.24) is 29.5 Å². The van der Waals surface area contributed by atoms with Gasteiger partial charge in [-0.2, -0.15) is 9.78 Å². The summed E-state index contributed by atoms with van der Waals surface area (Å²) in [5.41, 5.74) is 12.0. The molecule has 0 atom stereocenters. The molecule has 0 amide bonds. The Labute approximate surface area is 189 Å². The van der Waals surface area contributed by atoms with Crippen LogP contribution in [0.1, 0.15) is 35.3 Å². The predicted octanol–water partition coefficient (Wildman–Crippen LogP) is 3.76. The first-order valence-electron chi connectivity index (χ1n) is 10.5. The number of oxazole rings is 1. The van der Waals surface area contributed by atoms with Crippen molar-refractivity contribution >= 4 is 11.6 Å². The Morgan fingerprint density at radius 3 is 2.79 bits per heavy atom. The van der Waals surface area contributed by atoms with Crippen molar-refractivity contribution in [3.8, 4) is 28.7 Å². The lowest BCUT2D eigenvalue weighted by Gasteiger charge is -2.11. The summed E-state index contributed by atoms with van der Waals surface area (Å²) < 4.78 is 7.32. The Morgan fingerprint density at radius 2 is 2.00 bits per heavy atom. The lowest BCUT2D eigenvalue weighted by atomic mass is 10.0. The third kappa shape index (κ3) is 3.57. The minimum absolute atomic E-state index is 0.181. The quantitative estimate of drug-likeness (QED) is 0.440. The van der Waals surface area contributed by atoms with Crippen molar-refractivity contribution in [1.29, 1.82) is 5.26 Å². The van der Waals surface area contributed by atoms with Gasteiger partial charge in [-0.25, -0.2) is 15.0 Å². The van der Waals surface area contributed by atoms with E-state index >= 15 is 0 Å². The first-order chi connectivity index (χ1) is 16.1. The van der Waals surface area contributed by atoms with E-state index in [0.29, 0.717) is 46.9 Å². The molecule has 4 heterocycles. The number of nitrogens with zero attached hydrogens (tertiary/aromatic N) is 7. The van der Waals surface area contributed by atoms with Gasteiger partial charge in [0, 0.05) is 11.8 Å². The van der Waals surface area contributed by atoms with Crippen LogP contribution in [0, 0.1) is 18.3 Å². The minimum atomic E-state index is 0.181. The van der Waals surface area contributed by atoms with Crippen LogP contribution in [0.4, 0.5) is 5.95 Å². The zero-order valence-electron chi connectivity index (χ0n) is 18.1. The van der Waals surface area contributed by atoms with E-state index in [1.165, 1.54) is 10.9 Å². The van der Waals surface area contributed by atoms with E-state index in [1.54, 1.807) is 24.4 Å². The number of nitrogens with two attached hydrogens (primary N) is 1. The van der Waals surface area contributed by atoms with Crippen LogP contribution in [0.5, 0.6) is 0 Å². The highest BCUT2D eigenvalue weighted by molar-refractivity contribution is 5.89. The van der Waals surface area contributed by atoms with E-state index in [2.05, 4.69) is 26.1 Å². The number of aryl methyl sites for hydroxylation is 2. The molecule has 2 N–H and O–H groups in total. The molecule has 0 fully saturated rings. The number of hydrogen-bond donors (Lipinski definition) is 1. The molecule has 0 saturated heterocycles. The molecule has 1 aromatic carbocycles. The van der Waals surface area contributed by atoms with Crippen LogP contribution in [0.25, 0.3) is 28.2 Å². The zero-order valence-corrected chi connectivity index (χ0v) is 18.1. The summed E-state index contributed by atoms with van der Waals surface area (Å²) in [6, 6.07) is 13.2. The van der Waals surface area contributed by atoms with Gasteiger partial charge in [-0.3, -0.25) is 4.98 Å². The second kappa shape index (κ2) is 8.16. The van der Waals surface area contributed by atoms with Crippen LogP contribution < -0.4 is 5.73 Å². The van der Waals surface area contributed by atoms with Gasteiger partial charge in [0.2, 0.25) is 5.95 Å². The Hall–Kier alpha value is -4.58. The van der Waals surface area contributed by atoms with Crippen molar-refractivity contribution in [3.63, 3.8) is 0 Å². The largest absolute Gasteiger partial charge is 0.443 e. The van der Waals surface area contributed by atoms with Crippen LogP contribution in [0.3, 0.4) is 0 Å². The van der Waals surface area contributed by atoms with E-state index in [1.807, 2.05) is 32.0 Å². The van der Waals surface area contributed by atoms with Crippen molar-refractivity contribution in [3.05, 3.63) is 77.3 Å². The summed E-state index contributed by atoms with van der Waals surface area (Å²) in [6.45, 7) is 4.00. The van der Waals surface area contributed by atoms with Crippen molar-refractivity contribution in [2.24, 2.45) is 0 Å². The fourth-order valence-corrected chi connectivity index (χ4v) is 3.81. The maximum absolute atomic E-state index is 9.38. The van der Waals surface area contributed by atoms with Gasteiger partial charge in [0.1, 0.15) is 0 Å². The number of rotatable bonds is 5. The standard InChI is InChI=1S/C24H20N8O/c1-3-17-22(33-13-28-17)20-21(16-8-4-7-15(10-16)12-25)30-24(26)32-23(20)29-19(31-32)11-18-14(2)6-5-9-27-18/h4-10,13H,3,11H2,1-2H3,(H2,26,30). The molecule has 9 nitrogen and oxygen atoms in total. The van der Waals surface area contributed by atoms with Crippen molar-refractivity contribution in [2.45, 2.75) is 26.7 Å². The summed E-state index contributed by atoms with van der Waals surface area (Å²) in [6.07, 6.45) is 4.27. The van der Waals surface area contributed by atoms with Gasteiger partial charge >= 0.3 is 0 Å². The van der Waals surface area contributed by atoms with Gasteiger partial charge in [-0.05, 0) is 37.1 Å². The average molecular weight is 436 g/mol. The molecule has 4 aromatic heterocycles. The lowest BCUT2D eigenvalue weighted by molar-refractivity contribution is 0.571. The van der Waals surface area contributed by atoms with E-state index in [4.69, 9.17) is 15.1 Å². The molecule has 0 saturated carbocycles. The van der Waals surface area contributed by atoms with Gasteiger partial charge in [0.15, 0.2) is 23.6 Å². The molecule has 162 valence electrons. The summed E-state index contributed by atoms with van der Waals surface area (Å²) in [7, 11) is 0. The number of pyridine rings is 1. The van der Waals surface area contributed by atoms with E-state index in [9.17, 15) is 5.26 Å². The van der Waals surface area contributed by atoms with Crippen LogP contribution in [0.2, 0.25) is 0 Å². The molecular weight excluding hydrogens is 416 g/mol. The molecule has 0 aliphatic rings. The van der Waals surface area contributed by atoms with Crippen LogP contribution in [-0.4, -0.2) is 29.5 Å². The maximum Gasteiger partial charge on any atom is 0.223 e. The number of nitrogen functional groups attached to an aromatic ring is 1. The number of hydrogen-bond acceptors (Lipinski definition) is 8. The molecule has 0 radical (unpaired) electrons. The fraction of sp³-hybridized carbons (Fsp3) is 0.167. The molecule has 0 unspecified atom stereocenters. The number of aromatic nitrogens is 6. The van der Waals surface area contributed by atoms with E-state index in [-0.39, 0.29) is 5.95 Å². The molecule has 33 heavy (non-hydrogen) atoms. The summed E-state index contributed by atoms with van der Waals surface area (Å²) in [5, 5.41) is 14.0. The van der Waals surface area contributed by atoms with Crippen LogP contribution >= 0.6 is 0 Å². The second-order valence-electron chi connectivity index (χ2n) is 7.58. The highest BCUT2D eigenvalue weighted by atomic mass is 16.3. The molecule has 9 heteroatoms. The highest BCUT2D eigenvalue weighted by Crippen LogP contribution is 2.37. The maximum atomic E-state index is 9.38. The molecule has 0 bridgehead atoms. The molecular formula is C24H20N8O. The van der Waals surface area contributed by atoms with Crippen molar-refractivity contribution in [2.75, 3.05) is 5.73 Å². The van der Waals surface area contributed by atoms with Gasteiger partial charge in [0.25, 0.3) is 0 Å². The van der Waals surface area contributed by atoms with Gasteiger partial charge in [-0.1, -0.05) is 25.1 Å². The number of fused-ring (bicyclic) bond motifs is 1. The summed E-state index contributed by atoms with van der Waals surface area (Å²) in [5.74, 6) is 1.30. The first kappa shape index (κ1) is 20.3.